The maximum Gasteiger partial charge on any atom is 0.339 e. The van der Waals surface area contributed by atoms with Crippen molar-refractivity contribution in [3.8, 4) is 5.75 Å². The number of piperidine rings is 1. The molecule has 0 bridgehead atoms. The van der Waals surface area contributed by atoms with Crippen LogP contribution in [0, 0.1) is 13.8 Å². The molecule has 2 heterocycles. The molecule has 0 amide bonds. The van der Waals surface area contributed by atoms with Crippen LogP contribution in [0.15, 0.2) is 45.6 Å². The number of benzene rings is 2. The molecule has 2 aromatic carbocycles. The molecule has 1 saturated heterocycles. The third kappa shape index (κ3) is 5.05. The van der Waals surface area contributed by atoms with Crippen LogP contribution in [0.25, 0.3) is 11.0 Å². The smallest absolute Gasteiger partial charge is 0.339 e. The van der Waals surface area contributed by atoms with Crippen molar-refractivity contribution in [1.29, 1.82) is 0 Å². The zero-order valence-electron chi connectivity index (χ0n) is 18.7. The lowest BCUT2D eigenvalue weighted by Gasteiger charge is -2.29. The fourth-order valence-electron chi connectivity index (χ4n) is 4.13. The van der Waals surface area contributed by atoms with Gasteiger partial charge in [0.1, 0.15) is 23.2 Å². The molecule has 32 heavy (non-hydrogen) atoms. The van der Waals surface area contributed by atoms with Crippen molar-refractivity contribution in [3.05, 3.63) is 74.1 Å². The second-order valence-electron chi connectivity index (χ2n) is 8.76. The Morgan fingerprint density at radius 3 is 2.59 bits per heavy atom. The van der Waals surface area contributed by atoms with Crippen LogP contribution in [0.2, 0.25) is 5.02 Å². The van der Waals surface area contributed by atoms with E-state index in [1.54, 1.807) is 12.1 Å². The van der Waals surface area contributed by atoms with Crippen LogP contribution in [0.3, 0.4) is 0 Å². The third-order valence-corrected chi connectivity index (χ3v) is 6.56. The first kappa shape index (κ1) is 22.6. The van der Waals surface area contributed by atoms with E-state index in [0.717, 1.165) is 53.8 Å². The first-order chi connectivity index (χ1) is 15.3. The number of ketones is 1. The second kappa shape index (κ2) is 9.47. The highest BCUT2D eigenvalue weighted by Crippen LogP contribution is 2.29. The molecule has 0 radical (unpaired) electrons. The molecule has 1 fully saturated rings. The molecule has 3 aromatic rings. The molecule has 168 valence electrons. The molecule has 1 aromatic heterocycles. The number of carbonyl (C=O) groups excluding carboxylic acids is 1. The van der Waals surface area contributed by atoms with E-state index < -0.39 is 5.63 Å². The molecule has 0 unspecified atom stereocenters. The van der Waals surface area contributed by atoms with E-state index >= 15 is 0 Å². The Morgan fingerprint density at radius 1 is 1.12 bits per heavy atom. The van der Waals surface area contributed by atoms with E-state index in [0.29, 0.717) is 16.2 Å². The molecule has 5 nitrogen and oxygen atoms in total. The highest BCUT2D eigenvalue weighted by atomic mass is 35.5. The Hall–Kier alpha value is -2.63. The largest absolute Gasteiger partial charge is 0.490 e. The number of hydrogen-bond donors (Lipinski definition) is 0. The van der Waals surface area contributed by atoms with E-state index in [-0.39, 0.29) is 24.7 Å². The molecular weight excluding hydrogens is 426 g/mol. The molecule has 4 rings (SSSR count). The summed E-state index contributed by atoms with van der Waals surface area (Å²) in [6.45, 7) is 5.85. The molecule has 0 spiro atoms. The van der Waals surface area contributed by atoms with Gasteiger partial charge in [-0.05, 0) is 69.1 Å². The van der Waals surface area contributed by atoms with E-state index in [1.807, 2.05) is 38.1 Å². The lowest BCUT2D eigenvalue weighted by molar-refractivity contribution is -0.117. The van der Waals surface area contributed by atoms with Gasteiger partial charge in [0.05, 0.1) is 0 Å². The van der Waals surface area contributed by atoms with Crippen LogP contribution < -0.4 is 10.4 Å². The Labute approximate surface area is 192 Å². The van der Waals surface area contributed by atoms with Crippen LogP contribution in [0.5, 0.6) is 5.75 Å². The minimum Gasteiger partial charge on any atom is -0.490 e. The minimum atomic E-state index is -0.479. The SMILES string of the molecule is Cc1ccc(CC(=O)Cc2cc3ccc(OC4CCN(C)CC4)c(C)c3oc2=O)cc1Cl. The fraction of sp³-hybridized carbons (Fsp3) is 0.385. The molecule has 1 aliphatic rings. The standard InChI is InChI=1S/C26H28ClNO4/c1-16-4-5-18(13-23(16)27)12-21(29)15-20-14-19-6-7-24(17(2)25(19)32-26(20)30)31-22-8-10-28(3)11-9-22/h4-7,13-14,22H,8-12,15H2,1-3H3. The highest BCUT2D eigenvalue weighted by Gasteiger charge is 2.20. The Balaban J connectivity index is 1.51. The lowest BCUT2D eigenvalue weighted by atomic mass is 10.0. The van der Waals surface area contributed by atoms with Gasteiger partial charge in [-0.15, -0.1) is 0 Å². The van der Waals surface area contributed by atoms with E-state index in [4.69, 9.17) is 20.8 Å². The van der Waals surface area contributed by atoms with Crippen LogP contribution in [0.1, 0.15) is 35.1 Å². The number of carbonyl (C=O) groups is 1. The predicted octanol–water partition coefficient (Wildman–Crippen LogP) is 4.89. The molecule has 0 aliphatic carbocycles. The van der Waals surface area contributed by atoms with E-state index in [2.05, 4.69) is 11.9 Å². The molecule has 0 atom stereocenters. The van der Waals surface area contributed by atoms with Gasteiger partial charge in [0, 0.05) is 47.5 Å². The normalized spacial score (nSPS) is 15.2. The van der Waals surface area contributed by atoms with Gasteiger partial charge in [0.2, 0.25) is 0 Å². The van der Waals surface area contributed by atoms with Gasteiger partial charge in [-0.3, -0.25) is 4.79 Å². The van der Waals surface area contributed by atoms with Crippen molar-refractivity contribution in [2.45, 2.75) is 45.6 Å². The molecular formula is C26H28ClNO4. The van der Waals surface area contributed by atoms with Gasteiger partial charge in [-0.25, -0.2) is 4.79 Å². The van der Waals surface area contributed by atoms with Gasteiger partial charge in [0.15, 0.2) is 0 Å². The van der Waals surface area contributed by atoms with Crippen LogP contribution >= 0.6 is 11.6 Å². The molecule has 0 N–H and O–H groups in total. The first-order valence-corrected chi connectivity index (χ1v) is 11.4. The molecule has 6 heteroatoms. The van der Waals surface area contributed by atoms with Gasteiger partial charge in [-0.2, -0.15) is 0 Å². The van der Waals surface area contributed by atoms with Crippen molar-refractivity contribution < 1.29 is 13.9 Å². The quantitative estimate of drug-likeness (QED) is 0.497. The number of rotatable bonds is 6. The number of likely N-dealkylation sites (tertiary alicyclic amines) is 1. The van der Waals surface area contributed by atoms with Crippen molar-refractivity contribution in [2.75, 3.05) is 20.1 Å². The zero-order valence-corrected chi connectivity index (χ0v) is 19.5. The highest BCUT2D eigenvalue weighted by molar-refractivity contribution is 6.31. The monoisotopic (exact) mass is 453 g/mol. The van der Waals surface area contributed by atoms with Gasteiger partial charge < -0.3 is 14.1 Å². The average molecular weight is 454 g/mol. The molecule has 0 saturated carbocycles. The second-order valence-corrected chi connectivity index (χ2v) is 9.17. The number of Topliss-reactive ketones (excluding diaryl/α,β-unsaturated/α-hetero) is 1. The summed E-state index contributed by atoms with van der Waals surface area (Å²) in [5.74, 6) is 0.686. The topological polar surface area (TPSA) is 59.8 Å². The summed E-state index contributed by atoms with van der Waals surface area (Å²) in [6, 6.07) is 11.2. The Kier molecular flexibility index (Phi) is 6.68. The number of fused-ring (bicyclic) bond motifs is 1. The van der Waals surface area contributed by atoms with E-state index in [9.17, 15) is 9.59 Å². The van der Waals surface area contributed by atoms with Crippen LogP contribution in [-0.2, 0) is 17.6 Å². The summed E-state index contributed by atoms with van der Waals surface area (Å²) in [4.78, 5) is 27.5. The van der Waals surface area contributed by atoms with Crippen molar-refractivity contribution in [1.82, 2.24) is 4.90 Å². The van der Waals surface area contributed by atoms with Gasteiger partial charge in [-0.1, -0.05) is 23.7 Å². The summed E-state index contributed by atoms with van der Waals surface area (Å²) in [7, 11) is 2.12. The number of nitrogens with zero attached hydrogens (tertiary/aromatic N) is 1. The zero-order chi connectivity index (χ0) is 22.8. The summed E-state index contributed by atoms with van der Waals surface area (Å²) in [6.07, 6.45) is 2.37. The number of aryl methyl sites for hydroxylation is 2. The first-order valence-electron chi connectivity index (χ1n) is 11.0. The van der Waals surface area contributed by atoms with Crippen molar-refractivity contribution in [3.63, 3.8) is 0 Å². The van der Waals surface area contributed by atoms with Gasteiger partial charge in [0.25, 0.3) is 0 Å². The van der Waals surface area contributed by atoms with Crippen molar-refractivity contribution >= 4 is 28.4 Å². The predicted molar refractivity (Wildman–Crippen MR) is 127 cm³/mol. The maximum atomic E-state index is 12.6. The number of ether oxygens (including phenoxy) is 1. The lowest BCUT2D eigenvalue weighted by Crippen LogP contribution is -2.35. The number of hydrogen-bond acceptors (Lipinski definition) is 5. The summed E-state index contributed by atoms with van der Waals surface area (Å²) < 4.78 is 11.8. The number of halogens is 1. The summed E-state index contributed by atoms with van der Waals surface area (Å²) >= 11 is 6.15. The Morgan fingerprint density at radius 2 is 1.88 bits per heavy atom. The Bertz CT molecular complexity index is 1210. The summed E-state index contributed by atoms with van der Waals surface area (Å²) in [5, 5.41) is 1.42. The van der Waals surface area contributed by atoms with Gasteiger partial charge >= 0.3 is 5.63 Å². The fourth-order valence-corrected chi connectivity index (χ4v) is 4.33. The van der Waals surface area contributed by atoms with Crippen LogP contribution in [0.4, 0.5) is 0 Å². The third-order valence-electron chi connectivity index (χ3n) is 6.16. The van der Waals surface area contributed by atoms with E-state index in [1.165, 1.54) is 0 Å². The summed E-state index contributed by atoms with van der Waals surface area (Å²) in [5.41, 5.74) is 3.01. The van der Waals surface area contributed by atoms with Crippen LogP contribution in [-0.4, -0.2) is 36.9 Å². The average Bonchev–Trinajstić information content (AvgIpc) is 2.75. The molecule has 1 aliphatic heterocycles. The minimum absolute atomic E-state index is 0.0245. The maximum absolute atomic E-state index is 12.6. The van der Waals surface area contributed by atoms with Crippen molar-refractivity contribution in [2.24, 2.45) is 0 Å².